The number of benzene rings is 1. The lowest BCUT2D eigenvalue weighted by molar-refractivity contribution is -0.109. The minimum absolute atomic E-state index is 0.189. The van der Waals surface area contributed by atoms with E-state index in [4.69, 9.17) is 0 Å². The largest absolute Gasteiger partial charge is 0.302 e. The summed E-state index contributed by atoms with van der Waals surface area (Å²) in [4.78, 5) is 11.4. The van der Waals surface area contributed by atoms with Crippen LogP contribution in [0, 0.1) is 17.4 Å². The number of aldehydes is 1. The minimum Gasteiger partial charge on any atom is -0.302 e. The van der Waals surface area contributed by atoms with E-state index in [0.29, 0.717) is 16.6 Å². The van der Waals surface area contributed by atoms with Crippen molar-refractivity contribution < 1.29 is 4.79 Å². The Morgan fingerprint density at radius 1 is 0.955 bits per heavy atom. The van der Waals surface area contributed by atoms with E-state index < -0.39 is 8.07 Å². The molecular weight excluding hydrogens is 284 g/mol. The molecule has 0 saturated carbocycles. The first-order valence-electron chi connectivity index (χ1n) is 8.36. The van der Waals surface area contributed by atoms with Crippen LogP contribution in [0.3, 0.4) is 0 Å². The number of hydrogen-bond donors (Lipinski definition) is 0. The molecule has 22 heavy (non-hydrogen) atoms. The number of rotatable bonds is 6. The molecule has 2 heteroatoms. The maximum Gasteiger partial charge on any atom is 0.145 e. The summed E-state index contributed by atoms with van der Waals surface area (Å²) in [6.07, 6.45) is 1.73. The van der Waals surface area contributed by atoms with Gasteiger partial charge in [-0.2, -0.15) is 0 Å². The normalized spacial score (nSPS) is 13.1. The molecule has 0 amide bonds. The van der Waals surface area contributed by atoms with Gasteiger partial charge >= 0.3 is 0 Å². The Kier molecular flexibility index (Phi) is 7.09. The predicted octanol–water partition coefficient (Wildman–Crippen LogP) is 5.27. The summed E-state index contributed by atoms with van der Waals surface area (Å²) >= 11 is 0. The Balaban J connectivity index is 3.06. The van der Waals surface area contributed by atoms with Gasteiger partial charge in [-0.25, -0.2) is 0 Å². The maximum atomic E-state index is 11.4. The molecule has 0 aromatic heterocycles. The van der Waals surface area contributed by atoms with Gasteiger partial charge in [-0.05, 0) is 28.6 Å². The molecule has 1 nitrogen and oxygen atoms in total. The maximum absolute atomic E-state index is 11.4. The van der Waals surface area contributed by atoms with Gasteiger partial charge in [0.1, 0.15) is 14.4 Å². The van der Waals surface area contributed by atoms with E-state index in [1.165, 1.54) is 5.56 Å². The third-order valence-electron chi connectivity index (χ3n) is 4.80. The average Bonchev–Trinajstić information content (AvgIpc) is 2.46. The van der Waals surface area contributed by atoms with Crippen LogP contribution in [0.5, 0.6) is 0 Å². The fourth-order valence-corrected chi connectivity index (χ4v) is 8.95. The Labute approximate surface area is 137 Å². The summed E-state index contributed by atoms with van der Waals surface area (Å²) in [5, 5.41) is 0. The number of carbonyl (C=O) groups is 1. The first-order chi connectivity index (χ1) is 10.3. The minimum atomic E-state index is -1.74. The molecule has 1 aromatic rings. The van der Waals surface area contributed by atoms with Crippen molar-refractivity contribution in [2.24, 2.45) is 5.92 Å². The van der Waals surface area contributed by atoms with E-state index in [1.54, 1.807) is 0 Å². The molecule has 1 atom stereocenters. The summed E-state index contributed by atoms with van der Waals surface area (Å²) in [5.41, 5.74) is 6.64. The summed E-state index contributed by atoms with van der Waals surface area (Å²) in [6.45, 7) is 13.8. The highest BCUT2D eigenvalue weighted by molar-refractivity contribution is 6.90. The molecule has 1 unspecified atom stereocenters. The van der Waals surface area contributed by atoms with Crippen LogP contribution in [0.25, 0.3) is 0 Å². The highest BCUT2D eigenvalue weighted by atomic mass is 28.3. The van der Waals surface area contributed by atoms with Crippen LogP contribution in [0.15, 0.2) is 30.3 Å². The Hall–Kier alpha value is -1.33. The van der Waals surface area contributed by atoms with Crippen molar-refractivity contribution in [1.29, 1.82) is 0 Å². The van der Waals surface area contributed by atoms with Crippen LogP contribution >= 0.6 is 0 Å². The summed E-state index contributed by atoms with van der Waals surface area (Å²) < 4.78 is 0. The highest BCUT2D eigenvalue weighted by Crippen LogP contribution is 2.40. The van der Waals surface area contributed by atoms with Crippen LogP contribution in [-0.2, 0) is 11.2 Å². The van der Waals surface area contributed by atoms with E-state index in [2.05, 4.69) is 65.1 Å². The fourth-order valence-electron chi connectivity index (χ4n) is 3.65. The lowest BCUT2D eigenvalue weighted by Gasteiger charge is -2.38. The van der Waals surface area contributed by atoms with Crippen LogP contribution in [-0.4, -0.2) is 14.4 Å². The monoisotopic (exact) mass is 314 g/mol. The molecule has 0 aliphatic rings. The van der Waals surface area contributed by atoms with Crippen molar-refractivity contribution >= 4 is 14.4 Å². The van der Waals surface area contributed by atoms with E-state index in [0.717, 1.165) is 12.7 Å². The van der Waals surface area contributed by atoms with Crippen molar-refractivity contribution in [1.82, 2.24) is 0 Å². The van der Waals surface area contributed by atoms with Crippen molar-refractivity contribution in [2.45, 2.75) is 64.6 Å². The van der Waals surface area contributed by atoms with Gasteiger partial charge in [0.2, 0.25) is 0 Å². The molecule has 0 radical (unpaired) electrons. The summed E-state index contributed by atoms with van der Waals surface area (Å²) in [6, 6.07) is 10.2. The van der Waals surface area contributed by atoms with E-state index >= 15 is 0 Å². The highest BCUT2D eigenvalue weighted by Gasteiger charge is 2.41. The van der Waals surface area contributed by atoms with E-state index in [1.807, 2.05) is 18.2 Å². The van der Waals surface area contributed by atoms with Gasteiger partial charge in [0.25, 0.3) is 0 Å². The van der Waals surface area contributed by atoms with Gasteiger partial charge in [-0.1, -0.05) is 77.8 Å². The van der Waals surface area contributed by atoms with Gasteiger partial charge in [-0.15, -0.1) is 5.54 Å². The lowest BCUT2D eigenvalue weighted by Crippen LogP contribution is -2.43. The molecule has 1 aromatic carbocycles. The average molecular weight is 315 g/mol. The van der Waals surface area contributed by atoms with Crippen LogP contribution in [0.2, 0.25) is 16.6 Å². The summed E-state index contributed by atoms with van der Waals surface area (Å²) in [5.74, 6) is 3.16. The predicted molar refractivity (Wildman–Crippen MR) is 98.5 cm³/mol. The molecule has 0 bridgehead atoms. The Morgan fingerprint density at radius 2 is 1.45 bits per heavy atom. The summed E-state index contributed by atoms with van der Waals surface area (Å²) in [7, 11) is -1.74. The first kappa shape index (κ1) is 18.7. The molecule has 0 spiro atoms. The molecular formula is C20H30OSi. The topological polar surface area (TPSA) is 17.1 Å². The smallest absolute Gasteiger partial charge is 0.145 e. The van der Waals surface area contributed by atoms with Crippen LogP contribution < -0.4 is 0 Å². The standard InChI is InChI=1S/C20H30OSi/c1-16(2)22(17(3)4,18(5)6)13-12-20(15-21)14-19-10-8-7-9-11-19/h7-11,15-18,20H,14H2,1-6H3. The quantitative estimate of drug-likeness (QED) is 0.397. The van der Waals surface area contributed by atoms with Gasteiger partial charge in [0.05, 0.1) is 5.92 Å². The third kappa shape index (κ3) is 4.33. The number of hydrogen-bond acceptors (Lipinski definition) is 1. The van der Waals surface area contributed by atoms with E-state index in [9.17, 15) is 4.79 Å². The molecule has 0 saturated heterocycles. The molecule has 0 aliphatic carbocycles. The zero-order valence-corrected chi connectivity index (χ0v) is 15.9. The molecule has 120 valence electrons. The zero-order valence-electron chi connectivity index (χ0n) is 14.9. The molecule has 0 heterocycles. The van der Waals surface area contributed by atoms with E-state index in [-0.39, 0.29) is 5.92 Å². The Bertz CT molecular complexity index is 498. The van der Waals surface area contributed by atoms with Gasteiger partial charge in [0, 0.05) is 0 Å². The lowest BCUT2D eigenvalue weighted by atomic mass is 10.0. The van der Waals surface area contributed by atoms with Crippen LogP contribution in [0.4, 0.5) is 0 Å². The van der Waals surface area contributed by atoms with Gasteiger partial charge in [-0.3, -0.25) is 0 Å². The molecule has 1 rings (SSSR count). The first-order valence-corrected chi connectivity index (χ1v) is 10.6. The van der Waals surface area contributed by atoms with Gasteiger partial charge in [0.15, 0.2) is 0 Å². The fraction of sp³-hybridized carbons (Fsp3) is 0.550. The van der Waals surface area contributed by atoms with Gasteiger partial charge < -0.3 is 4.79 Å². The van der Waals surface area contributed by atoms with Crippen molar-refractivity contribution in [3.05, 3.63) is 35.9 Å². The second kappa shape index (κ2) is 8.34. The zero-order chi connectivity index (χ0) is 16.8. The molecule has 0 fully saturated rings. The van der Waals surface area contributed by atoms with Crippen molar-refractivity contribution in [3.63, 3.8) is 0 Å². The van der Waals surface area contributed by atoms with Crippen molar-refractivity contribution in [3.8, 4) is 11.5 Å². The second-order valence-electron chi connectivity index (χ2n) is 7.10. The second-order valence-corrected chi connectivity index (χ2v) is 12.7. The van der Waals surface area contributed by atoms with Crippen LogP contribution in [0.1, 0.15) is 47.1 Å². The third-order valence-corrected chi connectivity index (χ3v) is 11.1. The van der Waals surface area contributed by atoms with Crippen molar-refractivity contribution in [2.75, 3.05) is 0 Å². The molecule has 0 N–H and O–H groups in total. The Morgan fingerprint density at radius 3 is 1.86 bits per heavy atom. The SMILES string of the molecule is CC(C)[Si](C#CC(C=O)Cc1ccccc1)(C(C)C)C(C)C. The number of carbonyl (C=O) groups excluding carboxylic acids is 1. The molecule has 0 aliphatic heterocycles.